The van der Waals surface area contributed by atoms with Gasteiger partial charge in [-0.1, -0.05) is 25.6 Å². The van der Waals surface area contributed by atoms with Gasteiger partial charge in [-0.05, 0) is 26.3 Å². The summed E-state index contributed by atoms with van der Waals surface area (Å²) in [7, 11) is 0. The van der Waals surface area contributed by atoms with E-state index >= 15 is 0 Å². The first-order valence-electron chi connectivity index (χ1n) is 6.35. The van der Waals surface area contributed by atoms with Crippen molar-refractivity contribution >= 4 is 17.5 Å². The number of hydrogen-bond acceptors (Lipinski definition) is 5. The van der Waals surface area contributed by atoms with Crippen molar-refractivity contribution in [1.82, 2.24) is 24.5 Å². The van der Waals surface area contributed by atoms with Crippen LogP contribution in [0.1, 0.15) is 25.1 Å². The summed E-state index contributed by atoms with van der Waals surface area (Å²) in [4.78, 5) is 23.3. The molecule has 2 heterocycles. The summed E-state index contributed by atoms with van der Waals surface area (Å²) in [6, 6.07) is 0. The van der Waals surface area contributed by atoms with Crippen LogP contribution in [0.15, 0.2) is 9.95 Å². The van der Waals surface area contributed by atoms with Crippen molar-refractivity contribution in [1.29, 1.82) is 0 Å². The lowest BCUT2D eigenvalue weighted by Crippen LogP contribution is -2.30. The molecule has 19 heavy (non-hydrogen) atoms. The molecule has 0 atom stereocenters. The number of nitrogens with one attached hydrogen (secondary N) is 1. The Morgan fingerprint density at radius 1 is 1.32 bits per heavy atom. The third kappa shape index (κ3) is 2.66. The molecule has 0 unspecified atom stereocenters. The van der Waals surface area contributed by atoms with Crippen molar-refractivity contribution in [3.05, 3.63) is 21.6 Å². The Morgan fingerprint density at radius 2 is 2.00 bits per heavy atom. The summed E-state index contributed by atoms with van der Waals surface area (Å²) >= 11 is 1.46. The van der Waals surface area contributed by atoms with Crippen LogP contribution in [0.3, 0.4) is 0 Å². The normalized spacial score (nSPS) is 11.6. The van der Waals surface area contributed by atoms with E-state index in [-0.39, 0.29) is 5.56 Å². The highest BCUT2D eigenvalue weighted by atomic mass is 32.2. The first-order chi connectivity index (χ1) is 9.10. The van der Waals surface area contributed by atoms with Crippen LogP contribution in [-0.2, 0) is 6.54 Å². The Hall–Kier alpha value is -1.34. The summed E-state index contributed by atoms with van der Waals surface area (Å²) in [5.41, 5.74) is 1.44. The minimum Gasteiger partial charge on any atom is -0.299 e. The van der Waals surface area contributed by atoms with Crippen molar-refractivity contribution in [2.75, 3.05) is 19.3 Å². The van der Waals surface area contributed by atoms with E-state index in [1.165, 1.54) is 16.3 Å². The van der Waals surface area contributed by atoms with Crippen molar-refractivity contribution in [2.45, 2.75) is 32.5 Å². The van der Waals surface area contributed by atoms with E-state index in [1.807, 2.05) is 13.2 Å². The van der Waals surface area contributed by atoms with E-state index in [9.17, 15) is 4.79 Å². The van der Waals surface area contributed by atoms with Gasteiger partial charge in [0.05, 0.1) is 11.3 Å². The minimum atomic E-state index is -0.0535. The molecular formula is C12H19N5OS. The van der Waals surface area contributed by atoms with Crippen LogP contribution in [0.5, 0.6) is 0 Å². The van der Waals surface area contributed by atoms with Crippen LogP contribution in [-0.4, -0.2) is 43.8 Å². The number of hydrogen-bond donors (Lipinski definition) is 1. The van der Waals surface area contributed by atoms with Crippen LogP contribution in [0.4, 0.5) is 0 Å². The minimum absolute atomic E-state index is 0.0535. The SMILES string of the molecule is CCN(CC)Cc1c(C)nc2nc(SC)[nH]n2c1=O. The maximum absolute atomic E-state index is 12.5. The molecule has 7 heteroatoms. The Bertz CT molecular complexity index is 629. The first-order valence-corrected chi connectivity index (χ1v) is 7.57. The molecule has 0 radical (unpaired) electrons. The average Bonchev–Trinajstić information content (AvgIpc) is 2.82. The van der Waals surface area contributed by atoms with Gasteiger partial charge in [0.2, 0.25) is 0 Å². The van der Waals surface area contributed by atoms with Gasteiger partial charge in [-0.15, -0.1) is 0 Å². The van der Waals surface area contributed by atoms with Gasteiger partial charge in [-0.2, -0.15) is 9.50 Å². The lowest BCUT2D eigenvalue weighted by Gasteiger charge is -2.18. The number of aryl methyl sites for hydroxylation is 1. The summed E-state index contributed by atoms with van der Waals surface area (Å²) < 4.78 is 1.43. The van der Waals surface area contributed by atoms with Crippen molar-refractivity contribution in [3.63, 3.8) is 0 Å². The maximum atomic E-state index is 12.5. The highest BCUT2D eigenvalue weighted by Gasteiger charge is 2.14. The third-order valence-corrected chi connectivity index (χ3v) is 3.81. The number of H-pyrrole nitrogens is 1. The molecule has 0 fully saturated rings. The standard InChI is InChI=1S/C12H19N5OS/c1-5-16(6-2)7-9-8(3)13-11-14-12(19-4)15-17(11)10(9)18/h5-7H2,1-4H3,(H,13,14,15). The fourth-order valence-electron chi connectivity index (χ4n) is 1.98. The molecule has 0 saturated carbocycles. The number of aromatic amines is 1. The molecule has 0 aliphatic rings. The Kier molecular flexibility index (Phi) is 4.26. The highest BCUT2D eigenvalue weighted by Crippen LogP contribution is 2.10. The molecule has 6 nitrogen and oxygen atoms in total. The van der Waals surface area contributed by atoms with Gasteiger partial charge < -0.3 is 0 Å². The zero-order chi connectivity index (χ0) is 14.0. The predicted octanol–water partition coefficient (Wildman–Crippen LogP) is 1.29. The van der Waals surface area contributed by atoms with Crippen LogP contribution in [0.25, 0.3) is 5.78 Å². The number of rotatable bonds is 5. The Labute approximate surface area is 116 Å². The van der Waals surface area contributed by atoms with Gasteiger partial charge in [0.25, 0.3) is 11.3 Å². The van der Waals surface area contributed by atoms with E-state index in [0.717, 1.165) is 24.3 Å². The molecule has 0 spiro atoms. The lowest BCUT2D eigenvalue weighted by atomic mass is 10.2. The van der Waals surface area contributed by atoms with Gasteiger partial charge in [-0.25, -0.2) is 4.98 Å². The molecule has 1 N–H and O–H groups in total. The molecular weight excluding hydrogens is 262 g/mol. The summed E-state index contributed by atoms with van der Waals surface area (Å²) in [6.07, 6.45) is 1.91. The van der Waals surface area contributed by atoms with Crippen LogP contribution in [0.2, 0.25) is 0 Å². The molecule has 0 amide bonds. The number of fused-ring (bicyclic) bond motifs is 1. The molecule has 2 rings (SSSR count). The van der Waals surface area contributed by atoms with E-state index in [0.29, 0.717) is 17.5 Å². The quantitative estimate of drug-likeness (QED) is 0.837. The molecule has 0 aliphatic carbocycles. The summed E-state index contributed by atoms with van der Waals surface area (Å²) in [5, 5.41) is 3.66. The van der Waals surface area contributed by atoms with E-state index in [1.54, 1.807) is 0 Å². The fraction of sp³-hybridized carbons (Fsp3) is 0.583. The first kappa shape index (κ1) is 14.1. The molecule has 0 saturated heterocycles. The second kappa shape index (κ2) is 5.75. The van der Waals surface area contributed by atoms with E-state index in [4.69, 9.17) is 0 Å². The number of aromatic nitrogens is 4. The number of nitrogens with zero attached hydrogens (tertiary/aromatic N) is 4. The molecule has 0 aliphatic heterocycles. The smallest absolute Gasteiger partial charge is 0.278 e. The zero-order valence-electron chi connectivity index (χ0n) is 11.7. The van der Waals surface area contributed by atoms with E-state index < -0.39 is 0 Å². The van der Waals surface area contributed by atoms with Crippen LogP contribution < -0.4 is 5.56 Å². The summed E-state index contributed by atoms with van der Waals surface area (Å²) in [6.45, 7) is 8.50. The van der Waals surface area contributed by atoms with Gasteiger partial charge in [0.1, 0.15) is 0 Å². The highest BCUT2D eigenvalue weighted by molar-refractivity contribution is 7.98. The Balaban J connectivity index is 2.52. The van der Waals surface area contributed by atoms with E-state index in [2.05, 4.69) is 33.8 Å². The molecule has 0 aromatic carbocycles. The zero-order valence-corrected chi connectivity index (χ0v) is 12.5. The van der Waals surface area contributed by atoms with Gasteiger partial charge >= 0.3 is 0 Å². The molecule has 2 aromatic heterocycles. The van der Waals surface area contributed by atoms with Crippen molar-refractivity contribution in [2.24, 2.45) is 0 Å². The topological polar surface area (TPSA) is 66.3 Å². The fourth-order valence-corrected chi connectivity index (χ4v) is 2.33. The van der Waals surface area contributed by atoms with Crippen LogP contribution >= 0.6 is 11.8 Å². The third-order valence-electron chi connectivity index (χ3n) is 3.24. The van der Waals surface area contributed by atoms with Crippen molar-refractivity contribution < 1.29 is 0 Å². The molecule has 2 aromatic rings. The lowest BCUT2D eigenvalue weighted by molar-refractivity contribution is 0.293. The average molecular weight is 281 g/mol. The van der Waals surface area contributed by atoms with Gasteiger partial charge in [0.15, 0.2) is 5.16 Å². The second-order valence-electron chi connectivity index (χ2n) is 4.31. The largest absolute Gasteiger partial charge is 0.299 e. The molecule has 104 valence electrons. The molecule has 0 bridgehead atoms. The Morgan fingerprint density at radius 3 is 2.58 bits per heavy atom. The number of thioether (sulfide) groups is 1. The maximum Gasteiger partial charge on any atom is 0.278 e. The van der Waals surface area contributed by atoms with Gasteiger partial charge in [0, 0.05) is 6.54 Å². The van der Waals surface area contributed by atoms with Crippen molar-refractivity contribution in [3.8, 4) is 0 Å². The second-order valence-corrected chi connectivity index (χ2v) is 5.11. The van der Waals surface area contributed by atoms with Gasteiger partial charge in [-0.3, -0.25) is 14.8 Å². The summed E-state index contributed by atoms with van der Waals surface area (Å²) in [5.74, 6) is 0.440. The van der Waals surface area contributed by atoms with Crippen LogP contribution in [0, 0.1) is 6.92 Å². The monoisotopic (exact) mass is 281 g/mol. The predicted molar refractivity (Wildman–Crippen MR) is 76.8 cm³/mol.